The average molecular weight is 247 g/mol. The molecule has 0 unspecified atom stereocenters. The molecule has 2 N–H and O–H groups in total. The van der Waals surface area contributed by atoms with Crippen LogP contribution in [-0.2, 0) is 10.0 Å². The van der Waals surface area contributed by atoms with E-state index in [-0.39, 0.29) is 11.5 Å². The molecule has 0 radical (unpaired) electrons. The first kappa shape index (κ1) is 12.9. The van der Waals surface area contributed by atoms with Crippen LogP contribution < -0.4 is 9.88 Å². The summed E-state index contributed by atoms with van der Waals surface area (Å²) in [4.78, 5) is 0.0371. The van der Waals surface area contributed by atoms with Crippen LogP contribution in [0, 0.1) is 13.8 Å². The quantitative estimate of drug-likeness (QED) is 0.871. The van der Waals surface area contributed by atoms with Gasteiger partial charge in [0.25, 0.3) is 0 Å². The Balaban J connectivity index is 3.18. The number of benzene rings is 1. The lowest BCUT2D eigenvalue weighted by Crippen LogP contribution is -2.13. The van der Waals surface area contributed by atoms with Crippen LogP contribution >= 0.6 is 0 Å². The largest absolute Gasteiger partial charge is 0.490 e. The zero-order chi connectivity index (χ0) is 12.3. The molecule has 1 rings (SSSR count). The number of hydrogen-bond acceptors (Lipinski definition) is 3. The van der Waals surface area contributed by atoms with Gasteiger partial charge >= 0.3 is 0 Å². The Labute approximate surface area is 94.3 Å². The molecular formula is C10H14FNO3S. The maximum Gasteiger partial charge on any atom is 0.238 e. The van der Waals surface area contributed by atoms with Gasteiger partial charge in [-0.3, -0.25) is 0 Å². The van der Waals surface area contributed by atoms with Crippen molar-refractivity contribution < 1.29 is 17.5 Å². The van der Waals surface area contributed by atoms with Gasteiger partial charge in [0.1, 0.15) is 19.0 Å². The monoisotopic (exact) mass is 247 g/mol. The summed E-state index contributed by atoms with van der Waals surface area (Å²) >= 11 is 0. The molecule has 0 spiro atoms. The van der Waals surface area contributed by atoms with Crippen LogP contribution in [0.1, 0.15) is 11.1 Å². The maximum absolute atomic E-state index is 12.0. The molecule has 6 heteroatoms. The van der Waals surface area contributed by atoms with Gasteiger partial charge in [-0.15, -0.1) is 0 Å². The molecular weight excluding hydrogens is 233 g/mol. The number of sulfonamides is 1. The van der Waals surface area contributed by atoms with Crippen molar-refractivity contribution in [2.75, 3.05) is 13.3 Å². The maximum atomic E-state index is 12.0. The van der Waals surface area contributed by atoms with Crippen molar-refractivity contribution in [3.8, 4) is 5.75 Å². The second-order valence-corrected chi connectivity index (χ2v) is 5.03. The summed E-state index contributed by atoms with van der Waals surface area (Å²) in [7, 11) is -3.71. The van der Waals surface area contributed by atoms with Crippen LogP contribution in [0.4, 0.5) is 4.39 Å². The fraction of sp³-hybridized carbons (Fsp3) is 0.400. The lowest BCUT2D eigenvalue weighted by atomic mass is 10.1. The Bertz CT molecular complexity index is 462. The van der Waals surface area contributed by atoms with E-state index in [2.05, 4.69) is 0 Å². The summed E-state index contributed by atoms with van der Waals surface area (Å²) in [6, 6.07) is 2.83. The van der Waals surface area contributed by atoms with E-state index in [1.54, 1.807) is 13.8 Å². The van der Waals surface area contributed by atoms with E-state index < -0.39 is 16.7 Å². The minimum Gasteiger partial charge on any atom is -0.490 e. The fourth-order valence-electron chi connectivity index (χ4n) is 1.44. The molecule has 90 valence electrons. The summed E-state index contributed by atoms with van der Waals surface area (Å²) < 4.78 is 39.4. The summed E-state index contributed by atoms with van der Waals surface area (Å²) in [6.07, 6.45) is 0. The molecule has 1 aromatic rings. The standard InChI is InChI=1S/C10H14FNO3S/c1-7-5-9(16(12,13)14)6-8(2)10(7)15-4-3-11/h5-6H,3-4H2,1-2H3,(H2,12,13,14). The zero-order valence-electron chi connectivity index (χ0n) is 9.16. The summed E-state index contributed by atoms with van der Waals surface area (Å²) in [6.45, 7) is 2.75. The molecule has 0 bridgehead atoms. The van der Waals surface area contributed by atoms with Crippen LogP contribution in [-0.4, -0.2) is 21.7 Å². The van der Waals surface area contributed by atoms with E-state index in [1.807, 2.05) is 0 Å². The molecule has 0 amide bonds. The molecule has 4 nitrogen and oxygen atoms in total. The van der Waals surface area contributed by atoms with Crippen molar-refractivity contribution in [1.29, 1.82) is 0 Å². The van der Waals surface area contributed by atoms with Crippen molar-refractivity contribution in [2.45, 2.75) is 18.7 Å². The summed E-state index contributed by atoms with van der Waals surface area (Å²) in [5.41, 5.74) is 1.25. The third kappa shape index (κ3) is 2.93. The number of primary sulfonamides is 1. The predicted molar refractivity (Wildman–Crippen MR) is 58.8 cm³/mol. The Kier molecular flexibility index (Phi) is 3.88. The van der Waals surface area contributed by atoms with Gasteiger partial charge in [-0.05, 0) is 37.1 Å². The van der Waals surface area contributed by atoms with E-state index in [0.717, 1.165) is 0 Å². The lowest BCUT2D eigenvalue weighted by molar-refractivity contribution is 0.270. The zero-order valence-corrected chi connectivity index (χ0v) is 9.97. The van der Waals surface area contributed by atoms with Crippen molar-refractivity contribution >= 4 is 10.0 Å². The molecule has 0 saturated heterocycles. The number of alkyl halides is 1. The number of ether oxygens (including phenoxy) is 1. The van der Waals surface area contributed by atoms with Crippen LogP contribution in [0.25, 0.3) is 0 Å². The molecule has 0 aliphatic heterocycles. The van der Waals surface area contributed by atoms with Gasteiger partial charge in [0.05, 0.1) is 4.90 Å². The van der Waals surface area contributed by atoms with Crippen LogP contribution in [0.3, 0.4) is 0 Å². The van der Waals surface area contributed by atoms with Crippen LogP contribution in [0.15, 0.2) is 17.0 Å². The van der Waals surface area contributed by atoms with Crippen molar-refractivity contribution in [3.63, 3.8) is 0 Å². The van der Waals surface area contributed by atoms with Crippen LogP contribution in [0.5, 0.6) is 5.75 Å². The Morgan fingerprint density at radius 1 is 1.31 bits per heavy atom. The Hall–Kier alpha value is -1.14. The molecule has 0 atom stereocenters. The first-order valence-corrected chi connectivity index (χ1v) is 6.23. The van der Waals surface area contributed by atoms with Gasteiger partial charge in [-0.25, -0.2) is 17.9 Å². The minimum atomic E-state index is -3.71. The number of nitrogens with two attached hydrogens (primary N) is 1. The van der Waals surface area contributed by atoms with Crippen molar-refractivity contribution in [3.05, 3.63) is 23.3 Å². The second kappa shape index (κ2) is 4.80. The van der Waals surface area contributed by atoms with Gasteiger partial charge < -0.3 is 4.74 Å². The first-order chi connectivity index (χ1) is 7.36. The number of rotatable bonds is 4. The molecule has 1 aromatic carbocycles. The Morgan fingerprint density at radius 3 is 2.19 bits per heavy atom. The lowest BCUT2D eigenvalue weighted by Gasteiger charge is -2.12. The SMILES string of the molecule is Cc1cc(S(N)(=O)=O)cc(C)c1OCCF. The highest BCUT2D eigenvalue weighted by Crippen LogP contribution is 2.26. The van der Waals surface area contributed by atoms with E-state index in [0.29, 0.717) is 16.9 Å². The molecule has 0 fully saturated rings. The highest BCUT2D eigenvalue weighted by molar-refractivity contribution is 7.89. The van der Waals surface area contributed by atoms with E-state index in [1.165, 1.54) is 12.1 Å². The average Bonchev–Trinajstić information content (AvgIpc) is 2.15. The summed E-state index contributed by atoms with van der Waals surface area (Å²) in [5.74, 6) is 0.505. The minimum absolute atomic E-state index is 0.0371. The molecule has 0 aliphatic rings. The van der Waals surface area contributed by atoms with Gasteiger partial charge in [0.15, 0.2) is 0 Å². The highest BCUT2D eigenvalue weighted by Gasteiger charge is 2.13. The fourth-order valence-corrected chi connectivity index (χ4v) is 2.13. The molecule has 0 aromatic heterocycles. The third-order valence-corrected chi connectivity index (χ3v) is 2.98. The van der Waals surface area contributed by atoms with Gasteiger partial charge in [0, 0.05) is 0 Å². The highest BCUT2D eigenvalue weighted by atomic mass is 32.2. The van der Waals surface area contributed by atoms with Crippen LogP contribution in [0.2, 0.25) is 0 Å². The number of hydrogen-bond donors (Lipinski definition) is 1. The molecule has 0 aliphatic carbocycles. The topological polar surface area (TPSA) is 69.4 Å². The third-order valence-electron chi connectivity index (χ3n) is 2.09. The van der Waals surface area contributed by atoms with Gasteiger partial charge in [-0.1, -0.05) is 0 Å². The van der Waals surface area contributed by atoms with Crippen molar-refractivity contribution in [1.82, 2.24) is 0 Å². The molecule has 0 heterocycles. The second-order valence-electron chi connectivity index (χ2n) is 3.47. The molecule has 16 heavy (non-hydrogen) atoms. The van der Waals surface area contributed by atoms with E-state index in [9.17, 15) is 12.8 Å². The predicted octanol–water partition coefficient (Wildman–Crippen LogP) is 1.30. The smallest absolute Gasteiger partial charge is 0.238 e. The van der Waals surface area contributed by atoms with E-state index in [4.69, 9.17) is 9.88 Å². The van der Waals surface area contributed by atoms with E-state index >= 15 is 0 Å². The molecule has 0 saturated carbocycles. The Morgan fingerprint density at radius 2 is 1.81 bits per heavy atom. The summed E-state index contributed by atoms with van der Waals surface area (Å²) in [5, 5.41) is 5.02. The van der Waals surface area contributed by atoms with Crippen molar-refractivity contribution in [2.24, 2.45) is 5.14 Å². The van der Waals surface area contributed by atoms with Gasteiger partial charge in [-0.2, -0.15) is 0 Å². The van der Waals surface area contributed by atoms with Gasteiger partial charge in [0.2, 0.25) is 10.0 Å². The number of aryl methyl sites for hydroxylation is 2. The number of halogens is 1. The first-order valence-electron chi connectivity index (χ1n) is 4.69. The normalized spacial score (nSPS) is 11.5.